The first-order chi connectivity index (χ1) is 9.81. The smallest absolute Gasteiger partial charge is 0.239 e. The maximum atomic E-state index is 11.9. The minimum Gasteiger partial charge on any atom is -0.376 e. The summed E-state index contributed by atoms with van der Waals surface area (Å²) in [5.74, 6) is 0.0960. The van der Waals surface area contributed by atoms with E-state index in [9.17, 15) is 4.79 Å². The first kappa shape index (κ1) is 19.1. The van der Waals surface area contributed by atoms with Crippen LogP contribution in [0, 0.1) is 0 Å². The van der Waals surface area contributed by atoms with Gasteiger partial charge in [0.2, 0.25) is 5.91 Å². The molecule has 0 spiro atoms. The van der Waals surface area contributed by atoms with E-state index in [1.54, 1.807) is 0 Å². The summed E-state index contributed by atoms with van der Waals surface area (Å²) < 4.78 is 0. The van der Waals surface area contributed by atoms with Crippen LogP contribution in [0.2, 0.25) is 0 Å². The van der Waals surface area contributed by atoms with Crippen LogP contribution in [-0.2, 0) is 4.79 Å². The van der Waals surface area contributed by atoms with Crippen LogP contribution in [0.3, 0.4) is 0 Å². The molecule has 1 heterocycles. The van der Waals surface area contributed by atoms with Gasteiger partial charge < -0.3 is 15.5 Å². The van der Waals surface area contributed by atoms with Gasteiger partial charge >= 0.3 is 0 Å². The second kappa shape index (κ2) is 9.23. The molecule has 3 rings (SSSR count). The van der Waals surface area contributed by atoms with Gasteiger partial charge in [0.15, 0.2) is 0 Å². The van der Waals surface area contributed by atoms with Gasteiger partial charge in [0, 0.05) is 30.9 Å². The van der Waals surface area contributed by atoms with Crippen molar-refractivity contribution in [1.82, 2.24) is 10.2 Å². The molecule has 1 aliphatic carbocycles. The Bertz CT molecular complexity index is 446. The molecule has 0 atom stereocenters. The van der Waals surface area contributed by atoms with Crippen LogP contribution in [0.15, 0.2) is 30.3 Å². The second-order valence-corrected chi connectivity index (χ2v) is 5.83. The van der Waals surface area contributed by atoms with Gasteiger partial charge in [-0.1, -0.05) is 18.2 Å². The molecule has 0 radical (unpaired) electrons. The predicted octanol–water partition coefficient (Wildman–Crippen LogP) is 2.69. The van der Waals surface area contributed by atoms with Crippen LogP contribution in [-0.4, -0.2) is 42.5 Å². The molecule has 4 nitrogen and oxygen atoms in total. The fourth-order valence-corrected chi connectivity index (χ4v) is 2.87. The zero-order chi connectivity index (χ0) is 13.8. The highest BCUT2D eigenvalue weighted by Gasteiger charge is 2.31. The Morgan fingerprint density at radius 3 is 2.27 bits per heavy atom. The maximum Gasteiger partial charge on any atom is 0.239 e. The minimum absolute atomic E-state index is 0. The van der Waals surface area contributed by atoms with E-state index in [1.807, 2.05) is 30.3 Å². The van der Waals surface area contributed by atoms with Gasteiger partial charge in [0.25, 0.3) is 0 Å². The molecule has 0 unspecified atom stereocenters. The number of nitrogens with one attached hydrogen (secondary N) is 2. The Hall–Kier alpha value is -0.970. The summed E-state index contributed by atoms with van der Waals surface area (Å²) in [6, 6.07) is 11.1. The number of anilines is 1. The highest BCUT2D eigenvalue weighted by atomic mass is 35.5. The Kier molecular flexibility index (Phi) is 8.01. The number of halogens is 2. The number of amides is 1. The molecule has 22 heavy (non-hydrogen) atoms. The molecular formula is C16H25Cl2N3O. The van der Waals surface area contributed by atoms with Crippen molar-refractivity contribution in [3.8, 4) is 0 Å². The molecule has 6 heteroatoms. The van der Waals surface area contributed by atoms with Gasteiger partial charge in [-0.25, -0.2) is 0 Å². The number of hydrogen-bond donors (Lipinski definition) is 2. The van der Waals surface area contributed by atoms with Gasteiger partial charge in [0.05, 0.1) is 6.54 Å². The Morgan fingerprint density at radius 1 is 1.05 bits per heavy atom. The topological polar surface area (TPSA) is 44.4 Å². The summed E-state index contributed by atoms with van der Waals surface area (Å²) in [5, 5.41) is 6.29. The number of carbonyl (C=O) groups excluding carboxylic acids is 1. The van der Waals surface area contributed by atoms with E-state index in [1.165, 1.54) is 12.8 Å². The lowest BCUT2D eigenvalue weighted by molar-refractivity contribution is -0.120. The zero-order valence-corrected chi connectivity index (χ0v) is 14.3. The molecule has 2 fully saturated rings. The number of benzene rings is 1. The summed E-state index contributed by atoms with van der Waals surface area (Å²) in [7, 11) is 0. The van der Waals surface area contributed by atoms with Crippen LogP contribution in [0.25, 0.3) is 0 Å². The minimum atomic E-state index is 0. The van der Waals surface area contributed by atoms with Gasteiger partial charge in [-0.3, -0.25) is 4.79 Å². The molecule has 124 valence electrons. The molecule has 0 bridgehead atoms. The van der Waals surface area contributed by atoms with Crippen molar-refractivity contribution in [2.24, 2.45) is 0 Å². The average molecular weight is 346 g/mol. The largest absolute Gasteiger partial charge is 0.376 e. The number of carbonyl (C=O) groups is 1. The van der Waals surface area contributed by atoms with E-state index in [0.717, 1.165) is 37.7 Å². The Balaban J connectivity index is 0.00000121. The van der Waals surface area contributed by atoms with Crippen molar-refractivity contribution in [1.29, 1.82) is 0 Å². The third kappa shape index (κ3) is 5.67. The average Bonchev–Trinajstić information content (AvgIpc) is 3.32. The third-order valence-corrected chi connectivity index (χ3v) is 4.18. The standard InChI is InChI=1S/C16H23N3O.2ClH/c20-16(12-17-13-4-2-1-3-5-13)18-14-8-10-19(11-9-14)15-6-7-15;;/h1-5,14-15,17H,6-12H2,(H,18,20);2*1H. The summed E-state index contributed by atoms with van der Waals surface area (Å²) in [5.41, 5.74) is 0.992. The fourth-order valence-electron chi connectivity index (χ4n) is 2.87. The second-order valence-electron chi connectivity index (χ2n) is 5.83. The lowest BCUT2D eigenvalue weighted by Gasteiger charge is -2.32. The molecular weight excluding hydrogens is 321 g/mol. The molecule has 1 aromatic rings. The molecule has 1 amide bonds. The van der Waals surface area contributed by atoms with Crippen molar-refractivity contribution in [3.63, 3.8) is 0 Å². The zero-order valence-electron chi connectivity index (χ0n) is 12.7. The fraction of sp³-hybridized carbons (Fsp3) is 0.562. The summed E-state index contributed by atoms with van der Waals surface area (Å²) in [4.78, 5) is 14.5. The van der Waals surface area contributed by atoms with Crippen molar-refractivity contribution in [2.75, 3.05) is 25.0 Å². The van der Waals surface area contributed by atoms with E-state index in [-0.39, 0.29) is 30.7 Å². The molecule has 2 aliphatic rings. The van der Waals surface area contributed by atoms with E-state index in [4.69, 9.17) is 0 Å². The van der Waals surface area contributed by atoms with Crippen LogP contribution >= 0.6 is 24.8 Å². The Morgan fingerprint density at radius 2 is 1.68 bits per heavy atom. The molecule has 1 aromatic carbocycles. The van der Waals surface area contributed by atoms with E-state index >= 15 is 0 Å². The quantitative estimate of drug-likeness (QED) is 0.862. The van der Waals surface area contributed by atoms with Crippen molar-refractivity contribution in [2.45, 2.75) is 37.8 Å². The number of likely N-dealkylation sites (tertiary alicyclic amines) is 1. The van der Waals surface area contributed by atoms with E-state index in [0.29, 0.717) is 12.6 Å². The van der Waals surface area contributed by atoms with Gasteiger partial charge in [-0.2, -0.15) is 0 Å². The van der Waals surface area contributed by atoms with Crippen molar-refractivity contribution < 1.29 is 4.79 Å². The summed E-state index contributed by atoms with van der Waals surface area (Å²) in [6.45, 7) is 2.64. The normalized spacial score (nSPS) is 18.7. The third-order valence-electron chi connectivity index (χ3n) is 4.18. The SMILES string of the molecule is Cl.Cl.O=C(CNc1ccccc1)NC1CCN(C2CC2)CC1. The number of nitrogens with zero attached hydrogens (tertiary/aromatic N) is 1. The van der Waals surface area contributed by atoms with Crippen LogP contribution in [0.4, 0.5) is 5.69 Å². The van der Waals surface area contributed by atoms with E-state index in [2.05, 4.69) is 15.5 Å². The molecule has 1 saturated heterocycles. The summed E-state index contributed by atoms with van der Waals surface area (Å²) >= 11 is 0. The van der Waals surface area contributed by atoms with Crippen molar-refractivity contribution in [3.05, 3.63) is 30.3 Å². The lowest BCUT2D eigenvalue weighted by Crippen LogP contribution is -2.46. The van der Waals surface area contributed by atoms with Crippen molar-refractivity contribution >= 4 is 36.4 Å². The van der Waals surface area contributed by atoms with Gasteiger partial charge in [0.1, 0.15) is 0 Å². The Labute approximate surface area is 144 Å². The van der Waals surface area contributed by atoms with Crippen LogP contribution < -0.4 is 10.6 Å². The highest BCUT2D eigenvalue weighted by Crippen LogP contribution is 2.29. The first-order valence-electron chi connectivity index (χ1n) is 7.63. The summed E-state index contributed by atoms with van der Waals surface area (Å²) in [6.07, 6.45) is 4.93. The van der Waals surface area contributed by atoms with Gasteiger partial charge in [-0.15, -0.1) is 24.8 Å². The molecule has 2 N–H and O–H groups in total. The van der Waals surface area contributed by atoms with Crippen LogP contribution in [0.5, 0.6) is 0 Å². The number of para-hydroxylation sites is 1. The van der Waals surface area contributed by atoms with Crippen LogP contribution in [0.1, 0.15) is 25.7 Å². The number of piperidine rings is 1. The molecule has 1 aliphatic heterocycles. The highest BCUT2D eigenvalue weighted by molar-refractivity contribution is 5.85. The van der Waals surface area contributed by atoms with E-state index < -0.39 is 0 Å². The predicted molar refractivity (Wildman–Crippen MR) is 95.2 cm³/mol. The number of hydrogen-bond acceptors (Lipinski definition) is 3. The first-order valence-corrected chi connectivity index (χ1v) is 7.63. The molecule has 0 aromatic heterocycles. The monoisotopic (exact) mass is 345 g/mol. The maximum absolute atomic E-state index is 11.9. The molecule has 1 saturated carbocycles. The van der Waals surface area contributed by atoms with Gasteiger partial charge in [-0.05, 0) is 37.8 Å². The number of rotatable bonds is 5. The lowest BCUT2D eigenvalue weighted by atomic mass is 10.0.